The third kappa shape index (κ3) is 11.1. The summed E-state index contributed by atoms with van der Waals surface area (Å²) < 4.78 is 5.69. The van der Waals surface area contributed by atoms with Gasteiger partial charge in [-0.15, -0.1) is 0 Å². The summed E-state index contributed by atoms with van der Waals surface area (Å²) in [5.41, 5.74) is 4.81. The van der Waals surface area contributed by atoms with Crippen molar-refractivity contribution in [1.29, 1.82) is 0 Å². The molecule has 4 heterocycles. The van der Waals surface area contributed by atoms with Crippen LogP contribution in [-0.4, -0.2) is 75.4 Å². The third-order valence-corrected chi connectivity index (χ3v) is 9.43. The average molecular weight is 755 g/mol. The molecule has 7 rings (SSSR count). The lowest BCUT2D eigenvalue weighted by molar-refractivity contribution is -0.142. The molecule has 286 valence electrons. The van der Waals surface area contributed by atoms with Crippen LogP contribution in [0.4, 0.5) is 0 Å². The van der Waals surface area contributed by atoms with Crippen molar-refractivity contribution in [3.63, 3.8) is 0 Å². The van der Waals surface area contributed by atoms with Crippen LogP contribution in [0, 0.1) is 0 Å². The fourth-order valence-electron chi connectivity index (χ4n) is 6.37. The van der Waals surface area contributed by atoms with Gasteiger partial charge in [-0.05, 0) is 82.6 Å². The molecule has 13 heteroatoms. The lowest BCUT2D eigenvalue weighted by atomic mass is 9.99. The van der Waals surface area contributed by atoms with Gasteiger partial charge in [-0.1, -0.05) is 66.7 Å². The van der Waals surface area contributed by atoms with Crippen molar-refractivity contribution in [2.75, 3.05) is 6.61 Å². The van der Waals surface area contributed by atoms with Crippen molar-refractivity contribution in [3.05, 3.63) is 150 Å². The number of hydrogen-bond acceptors (Lipinski definition) is 8. The smallest absolute Gasteiger partial charge is 0.326 e. The molecule has 0 spiro atoms. The summed E-state index contributed by atoms with van der Waals surface area (Å²) in [6.45, 7) is -0.413. The summed E-state index contributed by atoms with van der Waals surface area (Å²) in [7, 11) is 0. The maximum Gasteiger partial charge on any atom is 0.326 e. The maximum atomic E-state index is 14.3. The number of hydrogen-bond donors (Lipinski definition) is 5. The van der Waals surface area contributed by atoms with E-state index in [1.54, 1.807) is 61.2 Å². The first-order chi connectivity index (χ1) is 27.2. The summed E-state index contributed by atoms with van der Waals surface area (Å²) in [6.07, 6.45) is 7.14. The summed E-state index contributed by atoms with van der Waals surface area (Å²) in [5.74, 6) is -3.47. The number of nitrogens with zero attached hydrogens (tertiary/aromatic N) is 2. The molecule has 0 saturated heterocycles. The van der Waals surface area contributed by atoms with Crippen LogP contribution in [0.5, 0.6) is 5.75 Å². The second-order valence-electron chi connectivity index (χ2n) is 13.5. The van der Waals surface area contributed by atoms with Crippen LogP contribution in [0.3, 0.4) is 0 Å². The highest BCUT2D eigenvalue weighted by atomic mass is 16.5. The molecule has 4 amide bonds. The van der Waals surface area contributed by atoms with Gasteiger partial charge in [0.1, 0.15) is 29.9 Å². The van der Waals surface area contributed by atoms with Gasteiger partial charge < -0.3 is 31.1 Å². The molecular formula is C43H42N6O7. The predicted molar refractivity (Wildman–Crippen MR) is 207 cm³/mol. The predicted octanol–water partition coefficient (Wildman–Crippen LogP) is 3.22. The Balaban J connectivity index is 1.33. The number of nitrogens with one attached hydrogen (secondary N) is 4. The quantitative estimate of drug-likeness (QED) is 0.141. The monoisotopic (exact) mass is 754 g/mol. The Bertz CT molecular complexity index is 2100. The first-order valence-corrected chi connectivity index (χ1v) is 18.3. The minimum absolute atomic E-state index is 0.0337. The van der Waals surface area contributed by atoms with Crippen LogP contribution in [-0.2, 0) is 49.7 Å². The topological polar surface area (TPSA) is 189 Å². The zero-order chi connectivity index (χ0) is 39.3. The average Bonchev–Trinajstić information content (AvgIpc) is 3.22. The molecule has 3 aromatic carbocycles. The first kappa shape index (κ1) is 38.8. The summed E-state index contributed by atoms with van der Waals surface area (Å²) in [4.78, 5) is 76.2. The van der Waals surface area contributed by atoms with Crippen molar-refractivity contribution in [2.45, 2.75) is 56.3 Å². The van der Waals surface area contributed by atoms with Crippen LogP contribution in [0.1, 0.15) is 28.7 Å². The molecule has 0 unspecified atom stereocenters. The molecule has 4 atom stereocenters. The molecule has 0 aliphatic carbocycles. The number of fused-ring (bicyclic) bond motifs is 16. The zero-order valence-corrected chi connectivity index (χ0v) is 30.5. The van der Waals surface area contributed by atoms with Crippen LogP contribution in [0.15, 0.2) is 128 Å². The normalized spacial score (nSPS) is 19.5. The summed E-state index contributed by atoms with van der Waals surface area (Å²) >= 11 is 0. The van der Waals surface area contributed by atoms with Crippen LogP contribution in [0.25, 0.3) is 11.1 Å². The maximum absolute atomic E-state index is 14.3. The number of carbonyl (C=O) groups is 5. The molecule has 5 aromatic rings. The molecule has 2 aliphatic heterocycles. The van der Waals surface area contributed by atoms with Crippen molar-refractivity contribution in [1.82, 2.24) is 31.2 Å². The molecule has 5 N–H and O–H groups in total. The lowest BCUT2D eigenvalue weighted by Crippen LogP contribution is -2.59. The number of aliphatic carboxylic acids is 1. The van der Waals surface area contributed by atoms with Crippen molar-refractivity contribution >= 4 is 29.6 Å². The fourth-order valence-corrected chi connectivity index (χ4v) is 6.37. The Kier molecular flexibility index (Phi) is 13.1. The van der Waals surface area contributed by atoms with E-state index in [4.69, 9.17) is 4.74 Å². The van der Waals surface area contributed by atoms with Gasteiger partial charge in [0.25, 0.3) is 5.91 Å². The second-order valence-corrected chi connectivity index (χ2v) is 13.5. The lowest BCUT2D eigenvalue weighted by Gasteiger charge is -2.26. The second kappa shape index (κ2) is 18.9. The van der Waals surface area contributed by atoms with E-state index < -0.39 is 60.4 Å². The fraction of sp³-hybridized carbons (Fsp3) is 0.233. The number of amides is 4. The molecule has 0 radical (unpaired) electrons. The van der Waals surface area contributed by atoms with Gasteiger partial charge in [0.15, 0.2) is 6.61 Å². The Labute approximate surface area is 323 Å². The van der Waals surface area contributed by atoms with Crippen molar-refractivity contribution < 1.29 is 33.8 Å². The van der Waals surface area contributed by atoms with Gasteiger partial charge in [0.2, 0.25) is 17.7 Å². The Morgan fingerprint density at radius 2 is 1.16 bits per heavy atom. The number of rotatable bonds is 9. The van der Waals surface area contributed by atoms with Gasteiger partial charge in [-0.2, -0.15) is 0 Å². The molecule has 0 saturated carbocycles. The Hall–Kier alpha value is -6.89. The number of benzene rings is 3. The number of ether oxygens (including phenoxy) is 1. The molecule has 56 heavy (non-hydrogen) atoms. The number of aryl methyl sites for hydroxylation is 1. The molecule has 2 bridgehead atoms. The van der Waals surface area contributed by atoms with E-state index in [-0.39, 0.29) is 25.7 Å². The first-order valence-electron chi connectivity index (χ1n) is 18.3. The largest absolute Gasteiger partial charge is 0.484 e. The number of carbonyl (C=O) groups excluding carboxylic acids is 4. The highest BCUT2D eigenvalue weighted by Gasteiger charge is 2.32. The Morgan fingerprint density at radius 3 is 1.80 bits per heavy atom. The highest BCUT2D eigenvalue weighted by molar-refractivity contribution is 5.95. The summed E-state index contributed by atoms with van der Waals surface area (Å²) in [6, 6.07) is 25.8. The Morgan fingerprint density at radius 1 is 0.607 bits per heavy atom. The standard InChI is InChI=1S/C43H42N6O7/c50-39-27-56-34-13-8-30(9-14-34)26-38(43(54)55)49-40(51)35(15-10-28-4-2-1-3-5-28)47-42(53)37(48-41(52)36(46-39)25-31-16-20-44-21-17-31)24-29-6-11-32(12-7-29)33-18-22-45-23-19-33/h1-9,11-14,16-23,35-38H,10,15,24-27H2,(H,46,50)(H,47,53)(H,48,52)(H,49,51)(H,54,55)/t35-,36-,37+,38-/m0/s1. The van der Waals surface area contributed by atoms with Crippen LogP contribution >= 0.6 is 0 Å². The van der Waals surface area contributed by atoms with E-state index in [9.17, 15) is 29.1 Å². The molecular weight excluding hydrogens is 713 g/mol. The SMILES string of the molecule is O=C1COc2ccc(cc2)C[C@@H](C(=O)O)NC(=O)[C@H](CCc2ccccc2)NC(=O)[C@@H](Cc2ccc(-c3ccncc3)cc2)NC(=O)[C@H](Cc2ccncc2)N1. The number of aromatic nitrogens is 2. The number of carboxylic acid groups (broad SMARTS) is 1. The van der Waals surface area contributed by atoms with Gasteiger partial charge in [-0.25, -0.2) is 4.79 Å². The van der Waals surface area contributed by atoms with E-state index in [1.165, 1.54) is 0 Å². The van der Waals surface area contributed by atoms with E-state index in [0.717, 1.165) is 16.7 Å². The van der Waals surface area contributed by atoms with E-state index >= 15 is 0 Å². The van der Waals surface area contributed by atoms with E-state index in [2.05, 4.69) is 31.2 Å². The van der Waals surface area contributed by atoms with Crippen molar-refractivity contribution in [3.8, 4) is 16.9 Å². The molecule has 13 nitrogen and oxygen atoms in total. The van der Waals surface area contributed by atoms with Gasteiger partial charge >= 0.3 is 5.97 Å². The number of pyridine rings is 2. The molecule has 2 aromatic heterocycles. The molecule has 0 fully saturated rings. The summed E-state index contributed by atoms with van der Waals surface area (Å²) in [5, 5.41) is 21.2. The minimum Gasteiger partial charge on any atom is -0.484 e. The van der Waals surface area contributed by atoms with Crippen LogP contribution < -0.4 is 26.0 Å². The van der Waals surface area contributed by atoms with E-state index in [1.807, 2.05) is 66.7 Å². The third-order valence-electron chi connectivity index (χ3n) is 9.43. The van der Waals surface area contributed by atoms with Gasteiger partial charge in [0, 0.05) is 44.0 Å². The molecule has 2 aliphatic rings. The van der Waals surface area contributed by atoms with E-state index in [0.29, 0.717) is 28.9 Å². The van der Waals surface area contributed by atoms with Crippen LogP contribution in [0.2, 0.25) is 0 Å². The van der Waals surface area contributed by atoms with Gasteiger partial charge in [0.05, 0.1) is 0 Å². The number of carboxylic acids is 1. The minimum atomic E-state index is -1.32. The van der Waals surface area contributed by atoms with Crippen molar-refractivity contribution in [2.24, 2.45) is 0 Å². The highest BCUT2D eigenvalue weighted by Crippen LogP contribution is 2.20. The zero-order valence-electron chi connectivity index (χ0n) is 30.5. The van der Waals surface area contributed by atoms with Gasteiger partial charge in [-0.3, -0.25) is 29.1 Å².